The molecule has 0 unspecified atom stereocenters. The van der Waals surface area contributed by atoms with Crippen LogP contribution in [-0.2, 0) is 6.61 Å². The number of fused-ring (bicyclic) bond motifs is 1. The van der Waals surface area contributed by atoms with E-state index in [0.29, 0.717) is 11.6 Å². The van der Waals surface area contributed by atoms with Gasteiger partial charge >= 0.3 is 0 Å². The monoisotopic (exact) mass is 393 g/mol. The molecule has 0 spiro atoms. The molecule has 3 aromatic carbocycles. The average Bonchev–Trinajstić information content (AvgIpc) is 3.11. The fraction of sp³-hybridized carbons (Fsp3) is 0.0476. The van der Waals surface area contributed by atoms with Gasteiger partial charge in [0.1, 0.15) is 12.4 Å². The zero-order chi connectivity index (χ0) is 18.5. The standard InChI is InChI=1S/C21H16ClN3OS/c22-17-11-9-15(10-12-17)14-26-19-7-3-1-5-16(19)13-23-25-21-24-18-6-2-4-8-20(18)27-21/h1-13H,14H2,(H,24,25)/b23-13-. The Balaban J connectivity index is 1.43. The molecule has 1 aromatic heterocycles. The maximum Gasteiger partial charge on any atom is 0.204 e. The predicted molar refractivity (Wildman–Crippen MR) is 113 cm³/mol. The molecule has 134 valence electrons. The van der Waals surface area contributed by atoms with E-state index in [1.165, 1.54) is 0 Å². The molecular formula is C21H16ClN3OS. The van der Waals surface area contributed by atoms with Gasteiger partial charge < -0.3 is 4.74 Å². The van der Waals surface area contributed by atoms with Crippen molar-refractivity contribution in [3.63, 3.8) is 0 Å². The third-order valence-electron chi connectivity index (χ3n) is 3.88. The summed E-state index contributed by atoms with van der Waals surface area (Å²) in [6, 6.07) is 23.4. The summed E-state index contributed by atoms with van der Waals surface area (Å²) in [7, 11) is 0. The SMILES string of the molecule is Clc1ccc(COc2ccccc2/C=N\Nc2nc3ccccc3s2)cc1. The Morgan fingerprint density at radius 2 is 1.78 bits per heavy atom. The van der Waals surface area contributed by atoms with Gasteiger partial charge in [-0.05, 0) is 42.0 Å². The minimum Gasteiger partial charge on any atom is -0.488 e. The van der Waals surface area contributed by atoms with Crippen molar-refractivity contribution in [1.29, 1.82) is 0 Å². The lowest BCUT2D eigenvalue weighted by Gasteiger charge is -2.09. The molecule has 4 nitrogen and oxygen atoms in total. The third-order valence-corrected chi connectivity index (χ3v) is 5.08. The molecule has 0 aliphatic carbocycles. The lowest BCUT2D eigenvalue weighted by atomic mass is 10.2. The number of thiazole rings is 1. The van der Waals surface area contributed by atoms with Crippen molar-refractivity contribution in [1.82, 2.24) is 4.98 Å². The lowest BCUT2D eigenvalue weighted by Crippen LogP contribution is -1.99. The minimum atomic E-state index is 0.466. The number of hydrogen-bond donors (Lipinski definition) is 1. The Morgan fingerprint density at radius 1 is 1.00 bits per heavy atom. The first kappa shape index (κ1) is 17.5. The summed E-state index contributed by atoms with van der Waals surface area (Å²) >= 11 is 7.49. The molecule has 1 N–H and O–H groups in total. The van der Waals surface area contributed by atoms with Gasteiger partial charge in [0.2, 0.25) is 5.13 Å². The highest BCUT2D eigenvalue weighted by Gasteiger charge is 2.03. The summed E-state index contributed by atoms with van der Waals surface area (Å²) in [5.41, 5.74) is 5.90. The molecule has 0 aliphatic heterocycles. The smallest absolute Gasteiger partial charge is 0.204 e. The zero-order valence-corrected chi connectivity index (χ0v) is 15.9. The molecule has 0 saturated heterocycles. The number of hydrazone groups is 1. The highest BCUT2D eigenvalue weighted by Crippen LogP contribution is 2.25. The van der Waals surface area contributed by atoms with Gasteiger partial charge in [-0.1, -0.05) is 59.3 Å². The zero-order valence-electron chi connectivity index (χ0n) is 14.3. The second kappa shape index (κ2) is 8.20. The van der Waals surface area contributed by atoms with Gasteiger partial charge in [-0.3, -0.25) is 5.43 Å². The number of aromatic nitrogens is 1. The predicted octanol–water partition coefficient (Wildman–Crippen LogP) is 5.97. The largest absolute Gasteiger partial charge is 0.488 e. The summed E-state index contributed by atoms with van der Waals surface area (Å²) in [4.78, 5) is 4.50. The number of hydrogen-bond acceptors (Lipinski definition) is 5. The second-order valence-electron chi connectivity index (χ2n) is 5.81. The summed E-state index contributed by atoms with van der Waals surface area (Å²) in [5, 5.41) is 5.78. The Hall–Kier alpha value is -2.89. The number of anilines is 1. The normalized spacial score (nSPS) is 11.1. The maximum atomic E-state index is 5.94. The van der Waals surface area contributed by atoms with E-state index in [9.17, 15) is 0 Å². The van der Waals surface area contributed by atoms with Crippen LogP contribution in [0.15, 0.2) is 77.9 Å². The van der Waals surface area contributed by atoms with Crippen LogP contribution in [0, 0.1) is 0 Å². The van der Waals surface area contributed by atoms with E-state index in [1.807, 2.05) is 72.8 Å². The van der Waals surface area contributed by atoms with Gasteiger partial charge in [-0.25, -0.2) is 4.98 Å². The first-order valence-electron chi connectivity index (χ1n) is 8.39. The number of nitrogens with zero attached hydrogens (tertiary/aromatic N) is 2. The molecule has 6 heteroatoms. The topological polar surface area (TPSA) is 46.5 Å². The van der Waals surface area contributed by atoms with Crippen LogP contribution in [0.4, 0.5) is 5.13 Å². The molecule has 0 saturated carbocycles. The molecule has 0 aliphatic rings. The molecule has 1 heterocycles. The molecule has 0 fully saturated rings. The van der Waals surface area contributed by atoms with Crippen LogP contribution >= 0.6 is 22.9 Å². The van der Waals surface area contributed by atoms with Gasteiger partial charge in [0, 0.05) is 10.6 Å². The van der Waals surface area contributed by atoms with Gasteiger partial charge in [-0.2, -0.15) is 5.10 Å². The van der Waals surface area contributed by atoms with E-state index in [4.69, 9.17) is 16.3 Å². The molecule has 4 aromatic rings. The third kappa shape index (κ3) is 4.45. The van der Waals surface area contributed by atoms with Crippen LogP contribution < -0.4 is 10.2 Å². The van der Waals surface area contributed by atoms with Crippen molar-refractivity contribution >= 4 is 44.5 Å². The van der Waals surface area contributed by atoms with Crippen molar-refractivity contribution in [3.05, 3.63) is 88.9 Å². The van der Waals surface area contributed by atoms with Crippen molar-refractivity contribution in [2.45, 2.75) is 6.61 Å². The second-order valence-corrected chi connectivity index (χ2v) is 7.28. The number of ether oxygens (including phenoxy) is 1. The fourth-order valence-corrected chi connectivity index (χ4v) is 3.48. The molecule has 27 heavy (non-hydrogen) atoms. The quantitative estimate of drug-likeness (QED) is 0.324. The van der Waals surface area contributed by atoms with Crippen LogP contribution in [-0.4, -0.2) is 11.2 Å². The van der Waals surface area contributed by atoms with E-state index in [-0.39, 0.29) is 0 Å². The first-order valence-corrected chi connectivity index (χ1v) is 9.58. The fourth-order valence-electron chi connectivity index (χ4n) is 2.54. The molecule has 0 amide bonds. The number of rotatable bonds is 6. The van der Waals surface area contributed by atoms with E-state index in [0.717, 1.165) is 32.2 Å². The van der Waals surface area contributed by atoms with Gasteiger partial charge in [-0.15, -0.1) is 0 Å². The Bertz CT molecular complexity index is 1040. The highest BCUT2D eigenvalue weighted by molar-refractivity contribution is 7.22. The first-order chi connectivity index (χ1) is 13.3. The Morgan fingerprint density at radius 3 is 2.63 bits per heavy atom. The van der Waals surface area contributed by atoms with Crippen LogP contribution in [0.1, 0.15) is 11.1 Å². The van der Waals surface area contributed by atoms with Crippen molar-refractivity contribution < 1.29 is 4.74 Å². The van der Waals surface area contributed by atoms with E-state index in [2.05, 4.69) is 15.5 Å². The summed E-state index contributed by atoms with van der Waals surface area (Å²) < 4.78 is 7.07. The Labute approximate surface area is 166 Å². The molecular weight excluding hydrogens is 378 g/mol. The van der Waals surface area contributed by atoms with Crippen LogP contribution in [0.3, 0.4) is 0 Å². The molecule has 0 atom stereocenters. The molecule has 0 bridgehead atoms. The maximum absolute atomic E-state index is 5.94. The average molecular weight is 394 g/mol. The highest BCUT2D eigenvalue weighted by atomic mass is 35.5. The van der Waals surface area contributed by atoms with Crippen LogP contribution in [0.2, 0.25) is 5.02 Å². The number of para-hydroxylation sites is 2. The summed E-state index contributed by atoms with van der Waals surface area (Å²) in [5.74, 6) is 0.766. The lowest BCUT2D eigenvalue weighted by molar-refractivity contribution is 0.306. The number of benzene rings is 3. The van der Waals surface area contributed by atoms with Crippen molar-refractivity contribution in [2.24, 2.45) is 5.10 Å². The van der Waals surface area contributed by atoms with Gasteiger partial charge in [0.05, 0.1) is 16.4 Å². The van der Waals surface area contributed by atoms with Crippen molar-refractivity contribution in [2.75, 3.05) is 5.43 Å². The Kier molecular flexibility index (Phi) is 5.32. The number of halogens is 1. The van der Waals surface area contributed by atoms with Gasteiger partial charge in [0.25, 0.3) is 0 Å². The van der Waals surface area contributed by atoms with Crippen molar-refractivity contribution in [3.8, 4) is 5.75 Å². The van der Waals surface area contributed by atoms with Crippen LogP contribution in [0.25, 0.3) is 10.2 Å². The summed E-state index contributed by atoms with van der Waals surface area (Å²) in [6.07, 6.45) is 1.74. The minimum absolute atomic E-state index is 0.466. The van der Waals surface area contributed by atoms with Crippen LogP contribution in [0.5, 0.6) is 5.75 Å². The molecule has 0 radical (unpaired) electrons. The van der Waals surface area contributed by atoms with Gasteiger partial charge in [0.15, 0.2) is 0 Å². The van der Waals surface area contributed by atoms with E-state index < -0.39 is 0 Å². The number of nitrogens with one attached hydrogen (secondary N) is 1. The summed E-state index contributed by atoms with van der Waals surface area (Å²) in [6.45, 7) is 0.466. The van der Waals surface area contributed by atoms with E-state index in [1.54, 1.807) is 17.6 Å². The van der Waals surface area contributed by atoms with E-state index >= 15 is 0 Å². The molecule has 4 rings (SSSR count).